The summed E-state index contributed by atoms with van der Waals surface area (Å²) in [5.74, 6) is 0.0233. The van der Waals surface area contributed by atoms with Crippen molar-refractivity contribution in [3.63, 3.8) is 0 Å². The van der Waals surface area contributed by atoms with Crippen LogP contribution in [0.1, 0.15) is 23.5 Å². The van der Waals surface area contributed by atoms with Gasteiger partial charge in [-0.25, -0.2) is 0 Å². The molecule has 2 nitrogen and oxygen atoms in total. The first-order valence-electron chi connectivity index (χ1n) is 5.09. The number of aryl methyl sites for hydroxylation is 1. The predicted octanol–water partition coefficient (Wildman–Crippen LogP) is 2.05. The number of carboxylic acid groups (broad SMARTS) is 1. The third-order valence-corrected chi connectivity index (χ3v) is 3.61. The summed E-state index contributed by atoms with van der Waals surface area (Å²) in [6, 6.07) is 8.27. The van der Waals surface area contributed by atoms with E-state index in [0.717, 1.165) is 12.8 Å². The number of benzene rings is 1. The molecule has 2 aliphatic carbocycles. The van der Waals surface area contributed by atoms with Crippen LogP contribution in [0.4, 0.5) is 0 Å². The van der Waals surface area contributed by atoms with E-state index in [0.29, 0.717) is 11.8 Å². The van der Waals surface area contributed by atoms with Gasteiger partial charge in [-0.15, -0.1) is 0 Å². The van der Waals surface area contributed by atoms with Crippen LogP contribution in [0.3, 0.4) is 0 Å². The van der Waals surface area contributed by atoms with Crippen molar-refractivity contribution >= 4 is 5.97 Å². The van der Waals surface area contributed by atoms with Crippen molar-refractivity contribution in [2.24, 2.45) is 11.8 Å². The van der Waals surface area contributed by atoms with Crippen LogP contribution in [0.2, 0.25) is 0 Å². The van der Waals surface area contributed by atoms with Crippen molar-refractivity contribution in [3.8, 4) is 0 Å². The molecule has 0 spiro atoms. The molecule has 3 rings (SSSR count). The van der Waals surface area contributed by atoms with Gasteiger partial charge in [-0.1, -0.05) is 24.3 Å². The molecule has 1 fully saturated rings. The van der Waals surface area contributed by atoms with E-state index >= 15 is 0 Å². The summed E-state index contributed by atoms with van der Waals surface area (Å²) in [5.41, 5.74) is 2.65. The Hall–Kier alpha value is -1.31. The molecule has 3 atom stereocenters. The Morgan fingerprint density at radius 3 is 2.93 bits per heavy atom. The van der Waals surface area contributed by atoms with Gasteiger partial charge in [0.25, 0.3) is 0 Å². The van der Waals surface area contributed by atoms with E-state index in [9.17, 15) is 4.79 Å². The van der Waals surface area contributed by atoms with Crippen LogP contribution in [0.25, 0.3) is 0 Å². The van der Waals surface area contributed by atoms with Crippen LogP contribution in [-0.4, -0.2) is 11.1 Å². The van der Waals surface area contributed by atoms with Crippen molar-refractivity contribution in [1.82, 2.24) is 0 Å². The maximum atomic E-state index is 10.9. The number of hydrogen-bond acceptors (Lipinski definition) is 1. The minimum absolute atomic E-state index is 0.0985. The number of hydrogen-bond donors (Lipinski definition) is 1. The smallest absolute Gasteiger partial charge is 0.307 e. The SMILES string of the molecule is O=C(O)[C@H]1[C@H]2CCc3ccccc3[C@@H]21. The Kier molecular flexibility index (Phi) is 1.49. The summed E-state index contributed by atoms with van der Waals surface area (Å²) in [4.78, 5) is 10.9. The molecule has 72 valence electrons. The fraction of sp³-hybridized carbons (Fsp3) is 0.417. The fourth-order valence-electron chi connectivity index (χ4n) is 2.90. The van der Waals surface area contributed by atoms with Gasteiger partial charge in [-0.05, 0) is 29.9 Å². The Morgan fingerprint density at radius 2 is 2.14 bits per heavy atom. The highest BCUT2D eigenvalue weighted by Gasteiger charge is 2.57. The zero-order valence-corrected chi connectivity index (χ0v) is 7.81. The highest BCUT2D eigenvalue weighted by molar-refractivity contribution is 5.76. The van der Waals surface area contributed by atoms with Crippen molar-refractivity contribution in [2.45, 2.75) is 18.8 Å². The van der Waals surface area contributed by atoms with Gasteiger partial charge in [0.15, 0.2) is 0 Å². The molecule has 0 amide bonds. The van der Waals surface area contributed by atoms with Crippen LogP contribution < -0.4 is 0 Å². The minimum Gasteiger partial charge on any atom is -0.481 e. The summed E-state index contributed by atoms with van der Waals surface area (Å²) < 4.78 is 0. The summed E-state index contributed by atoms with van der Waals surface area (Å²) in [5, 5.41) is 9.01. The van der Waals surface area contributed by atoms with Gasteiger partial charge in [0.2, 0.25) is 0 Å². The second-order valence-corrected chi connectivity index (χ2v) is 4.29. The van der Waals surface area contributed by atoms with Gasteiger partial charge < -0.3 is 5.11 Å². The first-order chi connectivity index (χ1) is 6.79. The lowest BCUT2D eigenvalue weighted by Gasteiger charge is -2.13. The molecule has 1 aromatic rings. The third-order valence-electron chi connectivity index (χ3n) is 3.61. The Labute approximate surface area is 82.6 Å². The number of carbonyl (C=O) groups is 1. The van der Waals surface area contributed by atoms with E-state index in [1.54, 1.807) is 0 Å². The second kappa shape index (κ2) is 2.59. The molecule has 0 aliphatic heterocycles. The molecule has 0 heterocycles. The molecule has 0 aromatic heterocycles. The molecule has 1 aromatic carbocycles. The molecular formula is C12H12O2. The van der Waals surface area contributed by atoms with Crippen molar-refractivity contribution in [1.29, 1.82) is 0 Å². The molecule has 0 radical (unpaired) electrons. The summed E-state index contributed by atoms with van der Waals surface area (Å²) in [7, 11) is 0. The Bertz CT molecular complexity index is 397. The maximum absolute atomic E-state index is 10.9. The maximum Gasteiger partial charge on any atom is 0.307 e. The highest BCUT2D eigenvalue weighted by Crippen LogP contribution is 2.59. The second-order valence-electron chi connectivity index (χ2n) is 4.29. The Balaban J connectivity index is 2.00. The number of carboxylic acids is 1. The van der Waals surface area contributed by atoms with Gasteiger partial charge in [0, 0.05) is 5.92 Å². The van der Waals surface area contributed by atoms with E-state index in [1.807, 2.05) is 12.1 Å². The largest absolute Gasteiger partial charge is 0.481 e. The topological polar surface area (TPSA) is 37.3 Å². The number of fused-ring (bicyclic) bond motifs is 3. The Morgan fingerprint density at radius 1 is 1.36 bits per heavy atom. The normalized spacial score (nSPS) is 33.0. The van der Waals surface area contributed by atoms with Crippen molar-refractivity contribution in [2.75, 3.05) is 0 Å². The molecule has 14 heavy (non-hydrogen) atoms. The predicted molar refractivity (Wildman–Crippen MR) is 52.1 cm³/mol. The molecule has 0 bridgehead atoms. The van der Waals surface area contributed by atoms with Gasteiger partial charge in [-0.3, -0.25) is 4.79 Å². The average Bonchev–Trinajstić information content (AvgIpc) is 2.92. The van der Waals surface area contributed by atoms with Crippen LogP contribution in [0.15, 0.2) is 24.3 Å². The van der Waals surface area contributed by atoms with E-state index in [-0.39, 0.29) is 5.92 Å². The fourth-order valence-corrected chi connectivity index (χ4v) is 2.90. The molecule has 2 aliphatic rings. The summed E-state index contributed by atoms with van der Waals surface area (Å²) in [6.07, 6.45) is 2.11. The first-order valence-corrected chi connectivity index (χ1v) is 5.09. The van der Waals surface area contributed by atoms with Crippen molar-refractivity contribution < 1.29 is 9.90 Å². The molecule has 1 saturated carbocycles. The molecule has 1 N–H and O–H groups in total. The quantitative estimate of drug-likeness (QED) is 0.732. The molecule has 0 saturated heterocycles. The third kappa shape index (κ3) is 0.939. The lowest BCUT2D eigenvalue weighted by Crippen LogP contribution is -2.00. The standard InChI is InChI=1S/C12H12O2/c13-12(14)11-9-6-5-7-3-1-2-4-8(7)10(9)11/h1-4,9-11H,5-6H2,(H,13,14)/t9-,10-,11-/m0/s1. The van der Waals surface area contributed by atoms with E-state index in [2.05, 4.69) is 12.1 Å². The molecular weight excluding hydrogens is 176 g/mol. The van der Waals surface area contributed by atoms with Gasteiger partial charge in [0.1, 0.15) is 0 Å². The molecule has 2 heteroatoms. The van der Waals surface area contributed by atoms with Crippen LogP contribution in [-0.2, 0) is 11.2 Å². The van der Waals surface area contributed by atoms with Gasteiger partial charge >= 0.3 is 5.97 Å². The highest BCUT2D eigenvalue weighted by atomic mass is 16.4. The number of rotatable bonds is 1. The van der Waals surface area contributed by atoms with E-state index in [1.165, 1.54) is 11.1 Å². The van der Waals surface area contributed by atoms with E-state index < -0.39 is 5.97 Å². The van der Waals surface area contributed by atoms with Crippen LogP contribution in [0.5, 0.6) is 0 Å². The van der Waals surface area contributed by atoms with Crippen molar-refractivity contribution in [3.05, 3.63) is 35.4 Å². The first kappa shape index (κ1) is 8.04. The lowest BCUT2D eigenvalue weighted by molar-refractivity contribution is -0.138. The van der Waals surface area contributed by atoms with Gasteiger partial charge in [0.05, 0.1) is 5.92 Å². The summed E-state index contributed by atoms with van der Waals surface area (Å²) >= 11 is 0. The minimum atomic E-state index is -0.614. The molecule has 0 unspecified atom stereocenters. The van der Waals surface area contributed by atoms with E-state index in [4.69, 9.17) is 5.11 Å². The average molecular weight is 188 g/mol. The van der Waals surface area contributed by atoms with Crippen LogP contribution in [0, 0.1) is 11.8 Å². The monoisotopic (exact) mass is 188 g/mol. The van der Waals surface area contributed by atoms with Gasteiger partial charge in [-0.2, -0.15) is 0 Å². The number of aliphatic carboxylic acids is 1. The lowest BCUT2D eigenvalue weighted by atomic mass is 9.92. The summed E-state index contributed by atoms with van der Waals surface area (Å²) in [6.45, 7) is 0. The van der Waals surface area contributed by atoms with Crippen LogP contribution >= 0.6 is 0 Å². The zero-order valence-electron chi connectivity index (χ0n) is 7.81. The zero-order chi connectivity index (χ0) is 9.71.